The van der Waals surface area contributed by atoms with Gasteiger partial charge in [-0.25, -0.2) is 8.42 Å². The summed E-state index contributed by atoms with van der Waals surface area (Å²) in [6.07, 6.45) is 1.13. The van der Waals surface area contributed by atoms with Crippen LogP contribution in [0.15, 0.2) is 29.2 Å². The van der Waals surface area contributed by atoms with Crippen LogP contribution in [0, 0.1) is 11.8 Å². The number of piperidine rings is 1. The van der Waals surface area contributed by atoms with Crippen LogP contribution in [-0.2, 0) is 10.0 Å². The lowest BCUT2D eigenvalue weighted by Gasteiger charge is -2.35. The molecule has 0 aliphatic carbocycles. The smallest absolute Gasteiger partial charge is 0.253 e. The Bertz CT molecular complexity index is 673. The van der Waals surface area contributed by atoms with Crippen molar-refractivity contribution in [2.45, 2.75) is 39.0 Å². The molecule has 1 heterocycles. The van der Waals surface area contributed by atoms with E-state index in [2.05, 4.69) is 13.8 Å². The fourth-order valence-corrected chi connectivity index (χ4v) is 5.02. The second-order valence-corrected chi connectivity index (χ2v) is 8.71. The van der Waals surface area contributed by atoms with Crippen LogP contribution >= 0.6 is 0 Å². The fraction of sp³-hybridized carbons (Fsp3) is 0.611. The molecule has 1 aromatic carbocycles. The minimum absolute atomic E-state index is 0.0787. The third-order valence-corrected chi connectivity index (χ3v) is 6.63. The minimum Gasteiger partial charge on any atom is -0.338 e. The van der Waals surface area contributed by atoms with Gasteiger partial charge >= 0.3 is 0 Å². The van der Waals surface area contributed by atoms with Gasteiger partial charge in [0.25, 0.3) is 5.91 Å². The highest BCUT2D eigenvalue weighted by atomic mass is 32.2. The number of sulfonamides is 1. The van der Waals surface area contributed by atoms with Gasteiger partial charge in [-0.05, 0) is 36.5 Å². The highest BCUT2D eigenvalue weighted by molar-refractivity contribution is 7.89. The Kier molecular flexibility index (Phi) is 6.04. The molecule has 2 rings (SSSR count). The monoisotopic (exact) mass is 352 g/mol. The van der Waals surface area contributed by atoms with Crippen LogP contribution in [0.2, 0.25) is 0 Å². The zero-order valence-corrected chi connectivity index (χ0v) is 15.8. The van der Waals surface area contributed by atoms with Crippen molar-refractivity contribution in [3.8, 4) is 0 Å². The SMILES string of the molecule is CCN(CC)S(=O)(=O)c1cccc(C(=O)N2C[C@H](C)C[C@@H](C)C2)c1. The molecule has 0 bridgehead atoms. The Balaban J connectivity index is 2.28. The molecule has 1 aromatic rings. The summed E-state index contributed by atoms with van der Waals surface area (Å²) in [5.41, 5.74) is 0.449. The zero-order chi connectivity index (χ0) is 17.9. The summed E-state index contributed by atoms with van der Waals surface area (Å²) in [6.45, 7) is 10.2. The van der Waals surface area contributed by atoms with Gasteiger partial charge in [-0.2, -0.15) is 4.31 Å². The number of carbonyl (C=O) groups is 1. The van der Waals surface area contributed by atoms with Crippen molar-refractivity contribution >= 4 is 15.9 Å². The summed E-state index contributed by atoms with van der Waals surface area (Å²) in [4.78, 5) is 14.8. The summed E-state index contributed by atoms with van der Waals surface area (Å²) < 4.78 is 26.7. The number of nitrogens with zero attached hydrogens (tertiary/aromatic N) is 2. The van der Waals surface area contributed by atoms with E-state index in [0.29, 0.717) is 30.5 Å². The van der Waals surface area contributed by atoms with Crippen molar-refractivity contribution in [2.75, 3.05) is 26.2 Å². The van der Waals surface area contributed by atoms with Crippen LogP contribution in [0.5, 0.6) is 0 Å². The summed E-state index contributed by atoms with van der Waals surface area (Å²) >= 11 is 0. The molecule has 5 nitrogen and oxygen atoms in total. The lowest BCUT2D eigenvalue weighted by molar-refractivity contribution is 0.0623. The van der Waals surface area contributed by atoms with E-state index in [1.807, 2.05) is 18.7 Å². The van der Waals surface area contributed by atoms with Crippen LogP contribution in [0.25, 0.3) is 0 Å². The van der Waals surface area contributed by atoms with Gasteiger partial charge in [0.2, 0.25) is 10.0 Å². The minimum atomic E-state index is -3.55. The average Bonchev–Trinajstić information content (AvgIpc) is 2.54. The van der Waals surface area contributed by atoms with Crippen molar-refractivity contribution < 1.29 is 13.2 Å². The average molecular weight is 353 g/mol. The van der Waals surface area contributed by atoms with E-state index < -0.39 is 10.0 Å². The molecule has 1 fully saturated rings. The van der Waals surface area contributed by atoms with Crippen LogP contribution < -0.4 is 0 Å². The third-order valence-electron chi connectivity index (χ3n) is 4.58. The van der Waals surface area contributed by atoms with Gasteiger partial charge in [-0.15, -0.1) is 0 Å². The first-order valence-electron chi connectivity index (χ1n) is 8.69. The van der Waals surface area contributed by atoms with Crippen molar-refractivity contribution in [1.29, 1.82) is 0 Å². The number of carbonyl (C=O) groups excluding carboxylic acids is 1. The molecule has 1 amide bonds. The van der Waals surface area contributed by atoms with Crippen LogP contribution in [0.4, 0.5) is 0 Å². The predicted octanol–water partition coefficient (Wildman–Crippen LogP) is 2.84. The molecule has 2 atom stereocenters. The Hall–Kier alpha value is -1.40. The van der Waals surface area contributed by atoms with Gasteiger partial charge in [-0.1, -0.05) is 33.8 Å². The van der Waals surface area contributed by atoms with E-state index in [4.69, 9.17) is 0 Å². The summed E-state index contributed by atoms with van der Waals surface area (Å²) in [5, 5.41) is 0. The Morgan fingerprint density at radius 3 is 2.29 bits per heavy atom. The molecule has 1 saturated heterocycles. The maximum absolute atomic E-state index is 12.8. The Morgan fingerprint density at radius 2 is 1.75 bits per heavy atom. The molecule has 1 aliphatic heterocycles. The fourth-order valence-electron chi connectivity index (χ4n) is 3.51. The van der Waals surface area contributed by atoms with Crippen molar-refractivity contribution in [1.82, 2.24) is 9.21 Å². The van der Waals surface area contributed by atoms with Gasteiger partial charge in [-0.3, -0.25) is 4.79 Å². The first kappa shape index (κ1) is 18.9. The van der Waals surface area contributed by atoms with Crippen molar-refractivity contribution in [2.24, 2.45) is 11.8 Å². The second-order valence-electron chi connectivity index (χ2n) is 6.77. The lowest BCUT2D eigenvalue weighted by Crippen LogP contribution is -2.42. The number of hydrogen-bond donors (Lipinski definition) is 0. The lowest BCUT2D eigenvalue weighted by atomic mass is 9.91. The first-order chi connectivity index (χ1) is 11.3. The van der Waals surface area contributed by atoms with Gasteiger partial charge in [0.1, 0.15) is 0 Å². The standard InChI is InChI=1S/C18H28N2O3S/c1-5-20(6-2)24(22,23)17-9-7-8-16(11-17)18(21)19-12-14(3)10-15(4)13-19/h7-9,11,14-15H,5-6,10,12-13H2,1-4H3/t14-,15-/m1/s1. The maximum atomic E-state index is 12.8. The molecule has 24 heavy (non-hydrogen) atoms. The normalized spacial score (nSPS) is 22.0. The van der Waals surface area contributed by atoms with Gasteiger partial charge < -0.3 is 4.90 Å². The van der Waals surface area contributed by atoms with Crippen LogP contribution in [0.3, 0.4) is 0 Å². The van der Waals surface area contributed by atoms with Crippen LogP contribution in [-0.4, -0.2) is 49.7 Å². The molecular formula is C18H28N2O3S. The van der Waals surface area contributed by atoms with E-state index in [-0.39, 0.29) is 10.8 Å². The predicted molar refractivity (Wildman–Crippen MR) is 95.4 cm³/mol. The summed E-state index contributed by atoms with van der Waals surface area (Å²) in [5.74, 6) is 0.866. The van der Waals surface area contributed by atoms with Crippen molar-refractivity contribution in [3.63, 3.8) is 0 Å². The molecule has 0 saturated carbocycles. The molecule has 1 aliphatic rings. The zero-order valence-electron chi connectivity index (χ0n) is 15.0. The van der Waals surface area contributed by atoms with Crippen LogP contribution in [0.1, 0.15) is 44.5 Å². The summed E-state index contributed by atoms with van der Waals surface area (Å²) in [6, 6.07) is 6.43. The third kappa shape index (κ3) is 3.98. The molecular weight excluding hydrogens is 324 g/mol. The number of benzene rings is 1. The van der Waals surface area contributed by atoms with E-state index in [1.165, 1.54) is 10.4 Å². The Labute approximate surface area is 145 Å². The van der Waals surface area contributed by atoms with Gasteiger partial charge in [0.15, 0.2) is 0 Å². The van der Waals surface area contributed by atoms with Crippen molar-refractivity contribution in [3.05, 3.63) is 29.8 Å². The summed E-state index contributed by atoms with van der Waals surface area (Å²) in [7, 11) is -3.55. The van der Waals surface area contributed by atoms with Gasteiger partial charge in [0, 0.05) is 31.7 Å². The highest BCUT2D eigenvalue weighted by Gasteiger charge is 2.27. The number of hydrogen-bond acceptors (Lipinski definition) is 3. The molecule has 0 radical (unpaired) electrons. The van der Waals surface area contributed by atoms with E-state index >= 15 is 0 Å². The highest BCUT2D eigenvalue weighted by Crippen LogP contribution is 2.24. The Morgan fingerprint density at radius 1 is 1.17 bits per heavy atom. The molecule has 0 N–H and O–H groups in total. The maximum Gasteiger partial charge on any atom is 0.253 e. The number of rotatable bonds is 5. The number of amides is 1. The van der Waals surface area contributed by atoms with E-state index in [1.54, 1.807) is 18.2 Å². The second kappa shape index (κ2) is 7.66. The quantitative estimate of drug-likeness (QED) is 0.819. The first-order valence-corrected chi connectivity index (χ1v) is 10.1. The molecule has 0 aromatic heterocycles. The topological polar surface area (TPSA) is 57.7 Å². The number of likely N-dealkylation sites (tertiary alicyclic amines) is 1. The van der Waals surface area contributed by atoms with E-state index in [0.717, 1.165) is 19.5 Å². The molecule has 134 valence electrons. The molecule has 0 unspecified atom stereocenters. The molecule has 0 spiro atoms. The van der Waals surface area contributed by atoms with E-state index in [9.17, 15) is 13.2 Å². The van der Waals surface area contributed by atoms with Gasteiger partial charge in [0.05, 0.1) is 4.90 Å². The largest absolute Gasteiger partial charge is 0.338 e. The molecule has 6 heteroatoms.